The van der Waals surface area contributed by atoms with Gasteiger partial charge in [-0.2, -0.15) is 13.2 Å². The van der Waals surface area contributed by atoms with Crippen LogP contribution in [0.2, 0.25) is 0 Å². The van der Waals surface area contributed by atoms with Crippen LogP contribution in [0.3, 0.4) is 0 Å². The molecule has 1 aliphatic heterocycles. The Morgan fingerprint density at radius 3 is 1.96 bits per heavy atom. The van der Waals surface area contributed by atoms with E-state index in [4.69, 9.17) is 11.5 Å². The molecular formula is C16H31F3N4O2. The van der Waals surface area contributed by atoms with Crippen LogP contribution in [0.1, 0.15) is 38.5 Å². The van der Waals surface area contributed by atoms with Crippen LogP contribution in [0.25, 0.3) is 0 Å². The maximum absolute atomic E-state index is 12.0. The molecule has 0 aromatic rings. The summed E-state index contributed by atoms with van der Waals surface area (Å²) in [6, 6.07) is 0. The van der Waals surface area contributed by atoms with E-state index >= 15 is 0 Å². The van der Waals surface area contributed by atoms with Crippen molar-refractivity contribution in [1.29, 1.82) is 0 Å². The highest BCUT2D eigenvalue weighted by Crippen LogP contribution is 2.17. The third-order valence-corrected chi connectivity index (χ3v) is 4.35. The number of nitrogens with two attached hydrogens (primary N) is 2. The van der Waals surface area contributed by atoms with E-state index in [9.17, 15) is 18.0 Å². The normalized spacial score (nSPS) is 18.3. The highest BCUT2D eigenvalue weighted by atomic mass is 19.4. The minimum Gasteiger partial charge on any atom is -0.440 e. The number of carbonyl (C=O) groups excluding carboxylic acids is 1. The van der Waals surface area contributed by atoms with Gasteiger partial charge < -0.3 is 20.3 Å². The highest BCUT2D eigenvalue weighted by Gasteiger charge is 2.41. The Morgan fingerprint density at radius 2 is 1.48 bits per heavy atom. The van der Waals surface area contributed by atoms with Gasteiger partial charge in [0.2, 0.25) is 0 Å². The van der Waals surface area contributed by atoms with Crippen LogP contribution < -0.4 is 11.5 Å². The molecule has 1 fully saturated rings. The average molecular weight is 368 g/mol. The third kappa shape index (κ3) is 9.98. The maximum atomic E-state index is 12.0. The van der Waals surface area contributed by atoms with Gasteiger partial charge in [-0.15, -0.1) is 0 Å². The number of ether oxygens (including phenoxy) is 1. The molecule has 0 aromatic carbocycles. The summed E-state index contributed by atoms with van der Waals surface area (Å²) >= 11 is 0. The molecule has 0 amide bonds. The molecule has 148 valence electrons. The van der Waals surface area contributed by atoms with Crippen molar-refractivity contribution in [2.24, 2.45) is 11.5 Å². The summed E-state index contributed by atoms with van der Waals surface area (Å²) in [4.78, 5) is 15.5. The van der Waals surface area contributed by atoms with Crippen LogP contribution in [0.5, 0.6) is 0 Å². The third-order valence-electron chi connectivity index (χ3n) is 4.35. The van der Waals surface area contributed by atoms with Crippen molar-refractivity contribution in [2.75, 3.05) is 45.8 Å². The smallest absolute Gasteiger partial charge is 0.440 e. The lowest BCUT2D eigenvalue weighted by atomic mass is 10.2. The summed E-state index contributed by atoms with van der Waals surface area (Å²) in [5, 5.41) is 0. The standard InChI is InChI=1S/C16H31F3N4O2/c17-16(18,19)15(24)25-14(21)6-2-5-9-23-12-10-22(11-13-23)8-4-1-3-7-20/h14H,1-13,20-21H2. The molecule has 1 unspecified atom stereocenters. The van der Waals surface area contributed by atoms with E-state index in [1.54, 1.807) is 0 Å². The van der Waals surface area contributed by atoms with Crippen molar-refractivity contribution in [3.8, 4) is 0 Å². The van der Waals surface area contributed by atoms with Gasteiger partial charge in [-0.1, -0.05) is 6.42 Å². The lowest BCUT2D eigenvalue weighted by Gasteiger charge is -2.34. The molecule has 0 radical (unpaired) electrons. The number of carbonyl (C=O) groups is 1. The van der Waals surface area contributed by atoms with Crippen molar-refractivity contribution in [3.05, 3.63) is 0 Å². The summed E-state index contributed by atoms with van der Waals surface area (Å²) in [5.74, 6) is -2.22. The molecule has 25 heavy (non-hydrogen) atoms. The number of unbranched alkanes of at least 4 members (excludes halogenated alkanes) is 3. The molecule has 4 N–H and O–H groups in total. The van der Waals surface area contributed by atoms with E-state index in [0.717, 1.165) is 58.7 Å². The van der Waals surface area contributed by atoms with Crippen LogP contribution in [-0.4, -0.2) is 74.0 Å². The molecule has 1 atom stereocenters. The van der Waals surface area contributed by atoms with E-state index < -0.39 is 18.4 Å². The van der Waals surface area contributed by atoms with Crippen LogP contribution >= 0.6 is 0 Å². The summed E-state index contributed by atoms with van der Waals surface area (Å²) in [7, 11) is 0. The summed E-state index contributed by atoms with van der Waals surface area (Å²) in [6.07, 6.45) is -1.04. The van der Waals surface area contributed by atoms with Gasteiger partial charge in [-0.05, 0) is 51.7 Å². The quantitative estimate of drug-likeness (QED) is 0.325. The minimum absolute atomic E-state index is 0.239. The van der Waals surface area contributed by atoms with Crippen LogP contribution in [0.15, 0.2) is 0 Å². The van der Waals surface area contributed by atoms with Gasteiger partial charge in [0.25, 0.3) is 0 Å². The SMILES string of the molecule is NCCCCCN1CCN(CCCCC(N)OC(=O)C(F)(F)F)CC1. The molecule has 1 saturated heterocycles. The molecule has 0 spiro atoms. The first-order valence-corrected chi connectivity index (χ1v) is 9.01. The number of hydrogen-bond donors (Lipinski definition) is 2. The number of hydrogen-bond acceptors (Lipinski definition) is 6. The molecule has 0 aromatic heterocycles. The summed E-state index contributed by atoms with van der Waals surface area (Å²) in [6.45, 7) is 6.87. The van der Waals surface area contributed by atoms with Crippen molar-refractivity contribution < 1.29 is 22.7 Å². The first-order valence-electron chi connectivity index (χ1n) is 9.01. The van der Waals surface area contributed by atoms with Crippen molar-refractivity contribution in [2.45, 2.75) is 50.9 Å². The zero-order valence-corrected chi connectivity index (χ0v) is 14.8. The second-order valence-electron chi connectivity index (χ2n) is 6.47. The Labute approximate surface area is 147 Å². The van der Waals surface area contributed by atoms with E-state index in [-0.39, 0.29) is 6.42 Å². The van der Waals surface area contributed by atoms with Gasteiger partial charge in [0, 0.05) is 26.2 Å². The predicted molar refractivity (Wildman–Crippen MR) is 89.8 cm³/mol. The Hall–Kier alpha value is -0.900. The van der Waals surface area contributed by atoms with Crippen molar-refractivity contribution in [1.82, 2.24) is 9.80 Å². The van der Waals surface area contributed by atoms with Crippen molar-refractivity contribution in [3.63, 3.8) is 0 Å². The Balaban J connectivity index is 2.03. The largest absolute Gasteiger partial charge is 0.490 e. The number of halogens is 3. The summed E-state index contributed by atoms with van der Waals surface area (Å²) in [5.41, 5.74) is 10.9. The van der Waals surface area contributed by atoms with E-state index in [1.807, 2.05) is 0 Å². The molecule has 1 rings (SSSR count). The van der Waals surface area contributed by atoms with Crippen LogP contribution in [0, 0.1) is 0 Å². The molecular weight excluding hydrogens is 337 g/mol. The molecule has 6 nitrogen and oxygen atoms in total. The average Bonchev–Trinajstić information content (AvgIpc) is 2.56. The van der Waals surface area contributed by atoms with Crippen LogP contribution in [0.4, 0.5) is 13.2 Å². The zero-order valence-electron chi connectivity index (χ0n) is 14.8. The molecule has 9 heteroatoms. The van der Waals surface area contributed by atoms with E-state index in [0.29, 0.717) is 6.42 Å². The molecule has 0 bridgehead atoms. The van der Waals surface area contributed by atoms with Gasteiger partial charge in [-0.3, -0.25) is 5.73 Å². The lowest BCUT2D eigenvalue weighted by Crippen LogP contribution is -2.46. The Morgan fingerprint density at radius 1 is 0.960 bits per heavy atom. The molecule has 0 aliphatic carbocycles. The minimum atomic E-state index is -4.98. The Kier molecular flexibility index (Phi) is 10.3. The second-order valence-corrected chi connectivity index (χ2v) is 6.47. The lowest BCUT2D eigenvalue weighted by molar-refractivity contribution is -0.204. The van der Waals surface area contributed by atoms with Gasteiger partial charge in [0.1, 0.15) is 0 Å². The molecule has 0 saturated carbocycles. The van der Waals surface area contributed by atoms with E-state index in [1.165, 1.54) is 12.8 Å². The van der Waals surface area contributed by atoms with Gasteiger partial charge in [0.05, 0.1) is 0 Å². The summed E-state index contributed by atoms with van der Waals surface area (Å²) < 4.78 is 40.3. The number of rotatable bonds is 11. The van der Waals surface area contributed by atoms with Gasteiger partial charge >= 0.3 is 12.1 Å². The fourth-order valence-electron chi connectivity index (χ4n) is 2.84. The fraction of sp³-hybridized carbons (Fsp3) is 0.938. The van der Waals surface area contributed by atoms with Gasteiger partial charge in [0.15, 0.2) is 6.23 Å². The molecule has 1 heterocycles. The highest BCUT2D eigenvalue weighted by molar-refractivity contribution is 5.75. The second kappa shape index (κ2) is 11.7. The van der Waals surface area contributed by atoms with Crippen LogP contribution in [-0.2, 0) is 9.53 Å². The Bertz CT molecular complexity index is 375. The maximum Gasteiger partial charge on any atom is 0.490 e. The molecule has 1 aliphatic rings. The topological polar surface area (TPSA) is 84.8 Å². The number of piperazine rings is 1. The predicted octanol–water partition coefficient (Wildman–Crippen LogP) is 1.29. The monoisotopic (exact) mass is 368 g/mol. The first-order chi connectivity index (χ1) is 11.8. The zero-order chi connectivity index (χ0) is 18.7. The number of nitrogens with zero attached hydrogens (tertiary/aromatic N) is 2. The number of esters is 1. The van der Waals surface area contributed by atoms with Gasteiger partial charge in [-0.25, -0.2) is 4.79 Å². The first kappa shape index (κ1) is 22.1. The van der Waals surface area contributed by atoms with Crippen molar-refractivity contribution >= 4 is 5.97 Å². The van der Waals surface area contributed by atoms with E-state index in [2.05, 4.69) is 14.5 Å². The fourth-order valence-corrected chi connectivity index (χ4v) is 2.84. The number of alkyl halides is 3.